The van der Waals surface area contributed by atoms with Crippen molar-refractivity contribution in [3.05, 3.63) is 0 Å². The second-order valence-electron chi connectivity index (χ2n) is 5.95. The summed E-state index contributed by atoms with van der Waals surface area (Å²) in [5.41, 5.74) is 0. The van der Waals surface area contributed by atoms with Gasteiger partial charge in [-0.15, -0.1) is 0 Å². The minimum atomic E-state index is 0.763. The highest BCUT2D eigenvalue weighted by Crippen LogP contribution is 2.34. The summed E-state index contributed by atoms with van der Waals surface area (Å²) >= 11 is 2.10. The lowest BCUT2D eigenvalue weighted by molar-refractivity contribution is 0.211. The maximum absolute atomic E-state index is 3.75. The molecule has 2 aliphatic rings. The molecule has 0 amide bonds. The van der Waals surface area contributed by atoms with E-state index >= 15 is 0 Å². The maximum Gasteiger partial charge on any atom is 0.0223 e. The molecule has 1 saturated heterocycles. The Morgan fingerprint density at radius 1 is 1.29 bits per heavy atom. The van der Waals surface area contributed by atoms with Crippen molar-refractivity contribution in [3.8, 4) is 0 Å². The van der Waals surface area contributed by atoms with E-state index in [4.69, 9.17) is 0 Å². The molecule has 1 saturated carbocycles. The van der Waals surface area contributed by atoms with E-state index < -0.39 is 0 Å². The highest BCUT2D eigenvalue weighted by Gasteiger charge is 2.34. The molecule has 0 radical (unpaired) electrons. The third-order valence-corrected chi connectivity index (χ3v) is 5.13. The van der Waals surface area contributed by atoms with Crippen molar-refractivity contribution in [2.75, 3.05) is 25.4 Å². The van der Waals surface area contributed by atoms with Crippen LogP contribution in [0.5, 0.6) is 0 Å². The molecule has 2 atom stereocenters. The van der Waals surface area contributed by atoms with E-state index in [2.05, 4.69) is 42.7 Å². The summed E-state index contributed by atoms with van der Waals surface area (Å²) in [4.78, 5) is 2.72. The molecule has 0 bridgehead atoms. The summed E-state index contributed by atoms with van der Waals surface area (Å²) in [5, 5.41) is 4.53. The summed E-state index contributed by atoms with van der Waals surface area (Å²) in [6.07, 6.45) is 4.23. The lowest BCUT2D eigenvalue weighted by Gasteiger charge is -2.29. The van der Waals surface area contributed by atoms with Gasteiger partial charge in [0.1, 0.15) is 0 Å². The average molecular weight is 256 g/mol. The van der Waals surface area contributed by atoms with E-state index in [1.807, 2.05) is 0 Å². The Labute approximate surface area is 111 Å². The van der Waals surface area contributed by atoms with E-state index in [0.717, 1.165) is 23.3 Å². The van der Waals surface area contributed by atoms with Crippen molar-refractivity contribution >= 4 is 11.8 Å². The summed E-state index contributed by atoms with van der Waals surface area (Å²) < 4.78 is 0. The first kappa shape index (κ1) is 13.7. The van der Waals surface area contributed by atoms with Crippen LogP contribution >= 0.6 is 11.8 Å². The van der Waals surface area contributed by atoms with Crippen molar-refractivity contribution in [3.63, 3.8) is 0 Å². The van der Waals surface area contributed by atoms with Crippen LogP contribution in [0.3, 0.4) is 0 Å². The van der Waals surface area contributed by atoms with Crippen LogP contribution in [0, 0.1) is 5.92 Å². The van der Waals surface area contributed by atoms with Crippen LogP contribution in [0.25, 0.3) is 0 Å². The molecule has 100 valence electrons. The van der Waals surface area contributed by atoms with Gasteiger partial charge >= 0.3 is 0 Å². The molecular weight excluding hydrogens is 228 g/mol. The number of nitrogens with zero attached hydrogens (tertiary/aromatic N) is 1. The fraction of sp³-hybridized carbons (Fsp3) is 1.00. The van der Waals surface area contributed by atoms with Crippen LogP contribution in [0.15, 0.2) is 0 Å². The van der Waals surface area contributed by atoms with Gasteiger partial charge in [0, 0.05) is 30.9 Å². The number of hydrogen-bond acceptors (Lipinski definition) is 3. The van der Waals surface area contributed by atoms with Gasteiger partial charge in [-0.3, -0.25) is 4.90 Å². The van der Waals surface area contributed by atoms with Crippen molar-refractivity contribution in [1.82, 2.24) is 10.2 Å². The van der Waals surface area contributed by atoms with Crippen molar-refractivity contribution in [2.45, 2.75) is 57.4 Å². The summed E-state index contributed by atoms with van der Waals surface area (Å²) in [6.45, 7) is 10.8. The lowest BCUT2D eigenvalue weighted by atomic mass is 10.1. The molecule has 2 fully saturated rings. The van der Waals surface area contributed by atoms with Gasteiger partial charge in [-0.2, -0.15) is 11.8 Å². The zero-order valence-electron chi connectivity index (χ0n) is 11.6. The first-order chi connectivity index (χ1) is 8.16. The molecule has 0 aromatic heterocycles. The first-order valence-electron chi connectivity index (χ1n) is 7.26. The predicted molar refractivity (Wildman–Crippen MR) is 77.8 cm³/mol. The minimum absolute atomic E-state index is 0.763. The second kappa shape index (κ2) is 6.44. The minimum Gasteiger partial charge on any atom is -0.312 e. The van der Waals surface area contributed by atoms with Gasteiger partial charge in [0.15, 0.2) is 0 Å². The Bertz CT molecular complexity index is 228. The molecule has 0 aromatic carbocycles. The Hall–Kier alpha value is 0.270. The van der Waals surface area contributed by atoms with E-state index in [9.17, 15) is 0 Å². The summed E-state index contributed by atoms with van der Waals surface area (Å²) in [7, 11) is 0. The van der Waals surface area contributed by atoms with Crippen LogP contribution in [0.1, 0.15) is 40.0 Å². The van der Waals surface area contributed by atoms with E-state index in [1.54, 1.807) is 0 Å². The molecule has 2 rings (SSSR count). The number of hydrogen-bond donors (Lipinski definition) is 1. The zero-order chi connectivity index (χ0) is 12.3. The van der Waals surface area contributed by atoms with Gasteiger partial charge in [-0.05, 0) is 43.9 Å². The molecule has 2 unspecified atom stereocenters. The third-order valence-electron chi connectivity index (χ3n) is 4.04. The van der Waals surface area contributed by atoms with Crippen LogP contribution < -0.4 is 5.32 Å². The zero-order valence-corrected chi connectivity index (χ0v) is 12.4. The Kier molecular flexibility index (Phi) is 5.19. The van der Waals surface area contributed by atoms with Crippen molar-refractivity contribution < 1.29 is 0 Å². The quantitative estimate of drug-likeness (QED) is 0.814. The largest absolute Gasteiger partial charge is 0.312 e. The lowest BCUT2D eigenvalue weighted by Crippen LogP contribution is -2.42. The van der Waals surface area contributed by atoms with Crippen LogP contribution in [-0.2, 0) is 0 Å². The number of thioether (sulfide) groups is 1. The fourth-order valence-corrected chi connectivity index (χ4v) is 3.50. The molecule has 2 nitrogen and oxygen atoms in total. The molecule has 1 N–H and O–H groups in total. The molecule has 17 heavy (non-hydrogen) atoms. The molecular formula is C14H28N2S. The predicted octanol–water partition coefficient (Wildman–Crippen LogP) is 2.59. The fourth-order valence-electron chi connectivity index (χ4n) is 2.69. The molecule has 3 heteroatoms. The van der Waals surface area contributed by atoms with Crippen molar-refractivity contribution in [1.29, 1.82) is 0 Å². The molecule has 0 aromatic rings. The van der Waals surface area contributed by atoms with Gasteiger partial charge in [-0.1, -0.05) is 13.8 Å². The number of rotatable bonds is 5. The smallest absolute Gasteiger partial charge is 0.0223 e. The SMILES string of the molecule is CC(C)SCCN1CC(C2CC2)NCCC1C. The second-order valence-corrected chi connectivity index (χ2v) is 7.63. The van der Waals surface area contributed by atoms with Gasteiger partial charge < -0.3 is 5.32 Å². The van der Waals surface area contributed by atoms with Crippen molar-refractivity contribution in [2.24, 2.45) is 5.92 Å². The molecule has 0 spiro atoms. The van der Waals surface area contributed by atoms with Gasteiger partial charge in [0.05, 0.1) is 0 Å². The van der Waals surface area contributed by atoms with Crippen LogP contribution in [0.2, 0.25) is 0 Å². The first-order valence-corrected chi connectivity index (χ1v) is 8.30. The molecule has 1 aliphatic carbocycles. The maximum atomic E-state index is 3.75. The van der Waals surface area contributed by atoms with E-state index in [1.165, 1.54) is 44.6 Å². The highest BCUT2D eigenvalue weighted by atomic mass is 32.2. The molecule has 1 heterocycles. The average Bonchev–Trinajstić information content (AvgIpc) is 3.07. The topological polar surface area (TPSA) is 15.3 Å². The normalized spacial score (nSPS) is 31.8. The Morgan fingerprint density at radius 2 is 2.06 bits per heavy atom. The van der Waals surface area contributed by atoms with E-state index in [-0.39, 0.29) is 0 Å². The van der Waals surface area contributed by atoms with Gasteiger partial charge in [-0.25, -0.2) is 0 Å². The monoisotopic (exact) mass is 256 g/mol. The third kappa shape index (κ3) is 4.46. The van der Waals surface area contributed by atoms with E-state index in [0.29, 0.717) is 0 Å². The summed E-state index contributed by atoms with van der Waals surface area (Å²) in [5.74, 6) is 2.28. The van der Waals surface area contributed by atoms with Gasteiger partial charge in [0.25, 0.3) is 0 Å². The van der Waals surface area contributed by atoms with Gasteiger partial charge in [0.2, 0.25) is 0 Å². The summed E-state index contributed by atoms with van der Waals surface area (Å²) in [6, 6.07) is 1.54. The highest BCUT2D eigenvalue weighted by molar-refractivity contribution is 7.99. The number of nitrogens with one attached hydrogen (secondary N) is 1. The molecule has 1 aliphatic heterocycles. The Balaban J connectivity index is 1.78. The Morgan fingerprint density at radius 3 is 2.71 bits per heavy atom. The van der Waals surface area contributed by atoms with Crippen LogP contribution in [0.4, 0.5) is 0 Å². The standard InChI is InChI=1S/C14H28N2S/c1-11(2)17-9-8-16-10-14(13-4-5-13)15-7-6-12(16)3/h11-15H,4-10H2,1-3H3. The van der Waals surface area contributed by atoms with Crippen LogP contribution in [-0.4, -0.2) is 47.6 Å².